The predicted molar refractivity (Wildman–Crippen MR) is 82.1 cm³/mol. The fourth-order valence-corrected chi connectivity index (χ4v) is 4.41. The highest BCUT2D eigenvalue weighted by molar-refractivity contribution is 7.89. The number of hydrogen-bond acceptors (Lipinski definition) is 3. The van der Waals surface area contributed by atoms with Gasteiger partial charge in [-0.1, -0.05) is 13.3 Å². The zero-order valence-corrected chi connectivity index (χ0v) is 13.3. The van der Waals surface area contributed by atoms with E-state index in [1.54, 1.807) is 16.4 Å². The van der Waals surface area contributed by atoms with Crippen LogP contribution in [0, 0.1) is 19.8 Å². The summed E-state index contributed by atoms with van der Waals surface area (Å²) in [4.78, 5) is 0.329. The molecule has 1 heterocycles. The number of nitrogens with zero attached hydrogens (tertiary/aromatic N) is 1. The Balaban J connectivity index is 2.35. The van der Waals surface area contributed by atoms with Crippen molar-refractivity contribution in [2.45, 2.75) is 44.9 Å². The van der Waals surface area contributed by atoms with Gasteiger partial charge in [-0.3, -0.25) is 0 Å². The molecule has 1 aromatic carbocycles. The summed E-state index contributed by atoms with van der Waals surface area (Å²) in [5.41, 5.74) is 8.34. The second-order valence-corrected chi connectivity index (χ2v) is 7.67. The predicted octanol–water partition coefficient (Wildman–Crippen LogP) is 2.70. The van der Waals surface area contributed by atoms with Crippen LogP contribution in [0.4, 0.5) is 5.69 Å². The van der Waals surface area contributed by atoms with E-state index < -0.39 is 10.0 Å². The normalized spacial score (nSPS) is 21.1. The third kappa shape index (κ3) is 2.83. The SMILES string of the molecule is CCC1CCCN(S(=O)(=O)c2cc(C)c(C)c(N)c2)C1. The van der Waals surface area contributed by atoms with Gasteiger partial charge in [-0.25, -0.2) is 8.42 Å². The fourth-order valence-electron chi connectivity index (χ4n) is 2.73. The molecule has 0 aromatic heterocycles. The van der Waals surface area contributed by atoms with Crippen molar-refractivity contribution < 1.29 is 8.42 Å². The molecule has 0 bridgehead atoms. The lowest BCUT2D eigenvalue weighted by Gasteiger charge is -2.31. The topological polar surface area (TPSA) is 63.4 Å². The van der Waals surface area contributed by atoms with Crippen LogP contribution in [0.15, 0.2) is 17.0 Å². The molecule has 2 N–H and O–H groups in total. The Morgan fingerprint density at radius 3 is 2.65 bits per heavy atom. The lowest BCUT2D eigenvalue weighted by Crippen LogP contribution is -2.39. The van der Waals surface area contributed by atoms with Gasteiger partial charge in [-0.05, 0) is 55.9 Å². The van der Waals surface area contributed by atoms with Crippen molar-refractivity contribution in [2.24, 2.45) is 5.92 Å². The van der Waals surface area contributed by atoms with E-state index >= 15 is 0 Å². The molecule has 1 aliphatic rings. The van der Waals surface area contributed by atoms with Gasteiger partial charge in [-0.2, -0.15) is 4.31 Å². The Morgan fingerprint density at radius 1 is 1.35 bits per heavy atom. The molecule has 112 valence electrons. The molecule has 1 saturated heterocycles. The first kappa shape index (κ1) is 15.3. The summed E-state index contributed by atoms with van der Waals surface area (Å²) >= 11 is 0. The van der Waals surface area contributed by atoms with E-state index in [4.69, 9.17) is 5.73 Å². The van der Waals surface area contributed by atoms with Gasteiger partial charge in [-0.15, -0.1) is 0 Å². The molecule has 0 saturated carbocycles. The number of aryl methyl sites for hydroxylation is 1. The van der Waals surface area contributed by atoms with Gasteiger partial charge >= 0.3 is 0 Å². The number of piperidine rings is 1. The van der Waals surface area contributed by atoms with Crippen LogP contribution in [0.3, 0.4) is 0 Å². The number of benzene rings is 1. The lowest BCUT2D eigenvalue weighted by atomic mass is 9.97. The molecular formula is C15H24N2O2S. The van der Waals surface area contributed by atoms with Gasteiger partial charge in [0.15, 0.2) is 0 Å². The Hall–Kier alpha value is -1.07. The molecule has 2 rings (SSSR count). The van der Waals surface area contributed by atoms with Crippen LogP contribution in [-0.2, 0) is 10.0 Å². The average molecular weight is 296 g/mol. The average Bonchev–Trinajstić information content (AvgIpc) is 2.44. The summed E-state index contributed by atoms with van der Waals surface area (Å²) in [6, 6.07) is 3.32. The smallest absolute Gasteiger partial charge is 0.243 e. The van der Waals surface area contributed by atoms with Crippen LogP contribution in [0.1, 0.15) is 37.3 Å². The van der Waals surface area contributed by atoms with Gasteiger partial charge in [0.25, 0.3) is 0 Å². The minimum Gasteiger partial charge on any atom is -0.398 e. The molecule has 0 spiro atoms. The molecule has 1 aromatic rings. The maximum Gasteiger partial charge on any atom is 0.243 e. The first-order valence-electron chi connectivity index (χ1n) is 7.23. The summed E-state index contributed by atoms with van der Waals surface area (Å²) in [6.45, 7) is 7.18. The van der Waals surface area contributed by atoms with Crippen LogP contribution >= 0.6 is 0 Å². The van der Waals surface area contributed by atoms with Crippen LogP contribution in [0.2, 0.25) is 0 Å². The molecule has 1 aliphatic heterocycles. The lowest BCUT2D eigenvalue weighted by molar-refractivity contribution is 0.261. The van der Waals surface area contributed by atoms with Crippen LogP contribution in [0.5, 0.6) is 0 Å². The van der Waals surface area contributed by atoms with Crippen LogP contribution in [0.25, 0.3) is 0 Å². The molecule has 0 aliphatic carbocycles. The minimum absolute atomic E-state index is 0.329. The van der Waals surface area contributed by atoms with E-state index in [2.05, 4.69) is 6.92 Å². The minimum atomic E-state index is -3.41. The Morgan fingerprint density at radius 2 is 2.05 bits per heavy atom. The first-order chi connectivity index (χ1) is 9.36. The zero-order valence-electron chi connectivity index (χ0n) is 12.5. The second-order valence-electron chi connectivity index (χ2n) is 5.73. The molecule has 4 nitrogen and oxygen atoms in total. The van der Waals surface area contributed by atoms with E-state index in [1.807, 2.05) is 13.8 Å². The number of nitrogens with two attached hydrogens (primary N) is 1. The number of anilines is 1. The fraction of sp³-hybridized carbons (Fsp3) is 0.600. The van der Waals surface area contributed by atoms with Gasteiger partial charge in [0.2, 0.25) is 10.0 Å². The maximum atomic E-state index is 12.7. The van der Waals surface area contributed by atoms with E-state index in [0.717, 1.165) is 30.4 Å². The summed E-state index contributed by atoms with van der Waals surface area (Å²) < 4.78 is 27.1. The van der Waals surface area contributed by atoms with E-state index in [9.17, 15) is 8.42 Å². The molecule has 1 unspecified atom stereocenters. The third-order valence-corrected chi connectivity index (χ3v) is 6.22. The summed E-state index contributed by atoms with van der Waals surface area (Å²) in [7, 11) is -3.41. The van der Waals surface area contributed by atoms with Crippen molar-refractivity contribution in [1.82, 2.24) is 4.31 Å². The highest BCUT2D eigenvalue weighted by atomic mass is 32.2. The largest absolute Gasteiger partial charge is 0.398 e. The standard InChI is InChI=1S/C15H24N2O2S/c1-4-13-6-5-7-17(10-13)20(18,19)14-8-11(2)12(3)15(16)9-14/h8-9,13H,4-7,10,16H2,1-3H3. The van der Waals surface area contributed by atoms with Crippen LogP contribution in [-0.4, -0.2) is 25.8 Å². The van der Waals surface area contributed by atoms with E-state index in [1.165, 1.54) is 0 Å². The van der Waals surface area contributed by atoms with Crippen molar-refractivity contribution in [3.05, 3.63) is 23.3 Å². The van der Waals surface area contributed by atoms with Crippen molar-refractivity contribution >= 4 is 15.7 Å². The monoisotopic (exact) mass is 296 g/mol. The number of sulfonamides is 1. The van der Waals surface area contributed by atoms with Gasteiger partial charge in [0.05, 0.1) is 4.90 Å². The molecule has 0 radical (unpaired) electrons. The molecule has 1 atom stereocenters. The molecule has 5 heteroatoms. The van der Waals surface area contributed by atoms with Crippen molar-refractivity contribution in [2.75, 3.05) is 18.8 Å². The molecule has 1 fully saturated rings. The molecule has 0 amide bonds. The number of nitrogen functional groups attached to an aromatic ring is 1. The Bertz CT molecular complexity index is 573. The molecule has 20 heavy (non-hydrogen) atoms. The number of hydrogen-bond donors (Lipinski definition) is 1. The van der Waals surface area contributed by atoms with E-state index in [-0.39, 0.29) is 0 Å². The zero-order chi connectivity index (χ0) is 14.9. The van der Waals surface area contributed by atoms with E-state index in [0.29, 0.717) is 29.6 Å². The summed E-state index contributed by atoms with van der Waals surface area (Å²) in [6.07, 6.45) is 3.09. The summed E-state index contributed by atoms with van der Waals surface area (Å²) in [5.74, 6) is 0.474. The number of rotatable bonds is 3. The van der Waals surface area contributed by atoms with Gasteiger partial charge in [0, 0.05) is 18.8 Å². The third-order valence-electron chi connectivity index (χ3n) is 4.38. The van der Waals surface area contributed by atoms with Gasteiger partial charge < -0.3 is 5.73 Å². The quantitative estimate of drug-likeness (QED) is 0.872. The van der Waals surface area contributed by atoms with Crippen LogP contribution < -0.4 is 5.73 Å². The summed E-state index contributed by atoms with van der Waals surface area (Å²) in [5, 5.41) is 0. The Kier molecular flexibility index (Phi) is 4.39. The highest BCUT2D eigenvalue weighted by Crippen LogP contribution is 2.28. The van der Waals surface area contributed by atoms with Crippen molar-refractivity contribution in [3.63, 3.8) is 0 Å². The van der Waals surface area contributed by atoms with Gasteiger partial charge in [0.1, 0.15) is 0 Å². The van der Waals surface area contributed by atoms with Crippen molar-refractivity contribution in [1.29, 1.82) is 0 Å². The Labute approximate surface area is 122 Å². The van der Waals surface area contributed by atoms with Crippen molar-refractivity contribution in [3.8, 4) is 0 Å². The second kappa shape index (κ2) is 5.74. The maximum absolute atomic E-state index is 12.7. The first-order valence-corrected chi connectivity index (χ1v) is 8.67. The molecular weight excluding hydrogens is 272 g/mol. The highest BCUT2D eigenvalue weighted by Gasteiger charge is 2.30.